The number of aryl methyl sites for hydroxylation is 1. The number of hydrogen-bond donors (Lipinski definition) is 2. The van der Waals surface area contributed by atoms with Crippen molar-refractivity contribution in [3.05, 3.63) is 23.8 Å². The minimum absolute atomic E-state index is 0. The van der Waals surface area contributed by atoms with Crippen LogP contribution in [0.25, 0.3) is 0 Å². The van der Waals surface area contributed by atoms with Gasteiger partial charge in [0.15, 0.2) is 0 Å². The van der Waals surface area contributed by atoms with Crippen molar-refractivity contribution < 1.29 is 4.79 Å². The predicted molar refractivity (Wildman–Crippen MR) is 78.8 cm³/mol. The monoisotopic (exact) mass is 296 g/mol. The Balaban J connectivity index is 0.00000147. The average molecular weight is 297 g/mol. The molecule has 2 bridgehead atoms. The Bertz CT molecular complexity index is 524. The van der Waals surface area contributed by atoms with Gasteiger partial charge in [0.1, 0.15) is 5.69 Å². The number of nitrogens with zero attached hydrogens (tertiary/aromatic N) is 2. The lowest BCUT2D eigenvalue weighted by Crippen LogP contribution is -2.52. The van der Waals surface area contributed by atoms with Crippen LogP contribution in [0.4, 0.5) is 0 Å². The summed E-state index contributed by atoms with van der Waals surface area (Å²) in [6.45, 7) is 1.84. The van der Waals surface area contributed by atoms with E-state index in [4.69, 9.17) is 5.73 Å². The zero-order chi connectivity index (χ0) is 13.5. The van der Waals surface area contributed by atoms with Crippen LogP contribution in [0, 0.1) is 6.92 Å². The summed E-state index contributed by atoms with van der Waals surface area (Å²) in [5, 5.41) is 3.17. The summed E-state index contributed by atoms with van der Waals surface area (Å²) in [6.07, 6.45) is 9.25. The van der Waals surface area contributed by atoms with Crippen LogP contribution >= 0.6 is 12.4 Å². The lowest BCUT2D eigenvalue weighted by atomic mass is 9.79. The van der Waals surface area contributed by atoms with Crippen molar-refractivity contribution in [2.75, 3.05) is 0 Å². The van der Waals surface area contributed by atoms with Crippen LogP contribution in [0.15, 0.2) is 12.4 Å². The van der Waals surface area contributed by atoms with Gasteiger partial charge in [0.2, 0.25) is 0 Å². The molecule has 1 aromatic heterocycles. The van der Waals surface area contributed by atoms with Crippen LogP contribution in [0.3, 0.4) is 0 Å². The first kappa shape index (κ1) is 15.2. The van der Waals surface area contributed by atoms with Gasteiger partial charge in [-0.25, -0.2) is 4.98 Å². The van der Waals surface area contributed by atoms with E-state index in [1.165, 1.54) is 6.20 Å². The Labute approximate surface area is 125 Å². The molecule has 1 aromatic rings. The summed E-state index contributed by atoms with van der Waals surface area (Å²) < 4.78 is 0. The molecule has 2 saturated carbocycles. The van der Waals surface area contributed by atoms with Crippen molar-refractivity contribution in [3.63, 3.8) is 0 Å². The maximum Gasteiger partial charge on any atom is 0.271 e. The fourth-order valence-electron chi connectivity index (χ4n) is 3.59. The lowest BCUT2D eigenvalue weighted by molar-refractivity contribution is 0.0871. The number of carbonyl (C=O) groups excluding carboxylic acids is 1. The smallest absolute Gasteiger partial charge is 0.271 e. The normalized spacial score (nSPS) is 31.5. The summed E-state index contributed by atoms with van der Waals surface area (Å²) in [7, 11) is 0. The molecule has 2 aliphatic rings. The van der Waals surface area contributed by atoms with E-state index in [2.05, 4.69) is 15.3 Å². The number of aromatic nitrogens is 2. The number of fused-ring (bicyclic) bond motifs is 2. The van der Waals surface area contributed by atoms with E-state index < -0.39 is 0 Å². The van der Waals surface area contributed by atoms with Crippen LogP contribution in [-0.4, -0.2) is 27.0 Å². The molecule has 0 radical (unpaired) electrons. The Morgan fingerprint density at radius 2 is 2.10 bits per heavy atom. The van der Waals surface area contributed by atoms with Crippen molar-refractivity contribution in [2.45, 2.75) is 56.5 Å². The molecule has 2 unspecified atom stereocenters. The second kappa shape index (κ2) is 5.30. The number of carbonyl (C=O) groups is 1. The van der Waals surface area contributed by atoms with Gasteiger partial charge in [-0.15, -0.1) is 12.4 Å². The SMILES string of the molecule is Cc1cncc(C(=O)NC23CCCC(N)(CC2)C3)n1.Cl. The van der Waals surface area contributed by atoms with Crippen LogP contribution in [0.1, 0.15) is 54.7 Å². The average Bonchev–Trinajstić information content (AvgIpc) is 2.59. The molecule has 3 N–H and O–H groups in total. The summed E-state index contributed by atoms with van der Waals surface area (Å²) in [4.78, 5) is 20.5. The van der Waals surface area contributed by atoms with Crippen molar-refractivity contribution in [2.24, 2.45) is 5.73 Å². The summed E-state index contributed by atoms with van der Waals surface area (Å²) in [6, 6.07) is 0. The fraction of sp³-hybridized carbons (Fsp3) is 0.643. The van der Waals surface area contributed by atoms with Crippen LogP contribution < -0.4 is 11.1 Å². The number of rotatable bonds is 2. The zero-order valence-electron chi connectivity index (χ0n) is 11.7. The number of nitrogens with one attached hydrogen (secondary N) is 1. The zero-order valence-corrected chi connectivity index (χ0v) is 12.5. The molecule has 1 heterocycles. The number of amides is 1. The molecule has 6 heteroatoms. The van der Waals surface area contributed by atoms with Crippen molar-refractivity contribution in [3.8, 4) is 0 Å². The quantitative estimate of drug-likeness (QED) is 0.871. The van der Waals surface area contributed by atoms with E-state index >= 15 is 0 Å². The molecule has 2 atom stereocenters. The van der Waals surface area contributed by atoms with E-state index in [1.54, 1.807) is 6.20 Å². The third kappa shape index (κ3) is 2.79. The van der Waals surface area contributed by atoms with Crippen molar-refractivity contribution in [1.82, 2.24) is 15.3 Å². The standard InChI is InChI=1S/C14H20N4O.ClH/c1-10-7-16-8-11(17-10)12(19)18-14-4-2-3-13(15,9-14)5-6-14;/h7-8H,2-6,9,15H2,1H3,(H,18,19);1H. The van der Waals surface area contributed by atoms with Crippen LogP contribution in [0.5, 0.6) is 0 Å². The highest BCUT2D eigenvalue weighted by molar-refractivity contribution is 5.92. The Kier molecular flexibility index (Phi) is 4.02. The van der Waals surface area contributed by atoms with E-state index in [0.717, 1.165) is 44.2 Å². The summed E-state index contributed by atoms with van der Waals surface area (Å²) >= 11 is 0. The molecule has 20 heavy (non-hydrogen) atoms. The van der Waals surface area contributed by atoms with Gasteiger partial charge in [0, 0.05) is 17.3 Å². The molecule has 110 valence electrons. The summed E-state index contributed by atoms with van der Waals surface area (Å²) in [5.74, 6) is -0.123. The number of nitrogens with two attached hydrogens (primary N) is 1. The first-order valence-corrected chi connectivity index (χ1v) is 6.91. The second-order valence-corrected chi connectivity index (χ2v) is 6.17. The Morgan fingerprint density at radius 1 is 1.30 bits per heavy atom. The van der Waals surface area contributed by atoms with Gasteiger partial charge in [0.25, 0.3) is 5.91 Å². The van der Waals surface area contributed by atoms with Gasteiger partial charge >= 0.3 is 0 Å². The first-order chi connectivity index (χ1) is 9.00. The molecule has 1 amide bonds. The van der Waals surface area contributed by atoms with Gasteiger partial charge in [-0.2, -0.15) is 0 Å². The van der Waals surface area contributed by atoms with Crippen LogP contribution in [0.2, 0.25) is 0 Å². The third-order valence-corrected chi connectivity index (χ3v) is 4.49. The maximum absolute atomic E-state index is 12.3. The van der Waals surface area contributed by atoms with Gasteiger partial charge in [-0.1, -0.05) is 0 Å². The topological polar surface area (TPSA) is 80.9 Å². The number of halogens is 1. The van der Waals surface area contributed by atoms with Gasteiger partial charge in [0.05, 0.1) is 11.9 Å². The highest BCUT2D eigenvalue weighted by Gasteiger charge is 2.49. The summed E-state index contributed by atoms with van der Waals surface area (Å²) in [5.41, 5.74) is 7.32. The molecule has 2 aliphatic carbocycles. The Morgan fingerprint density at radius 3 is 2.85 bits per heavy atom. The van der Waals surface area contributed by atoms with E-state index in [-0.39, 0.29) is 29.4 Å². The fourth-order valence-corrected chi connectivity index (χ4v) is 3.59. The van der Waals surface area contributed by atoms with E-state index in [0.29, 0.717) is 5.69 Å². The molecule has 2 fully saturated rings. The molecule has 0 aliphatic heterocycles. The molecule has 3 rings (SSSR count). The predicted octanol–water partition coefficient (Wildman–Crippen LogP) is 1.74. The Hall–Kier alpha value is -1.20. The lowest BCUT2D eigenvalue weighted by Gasteiger charge is -2.37. The minimum Gasteiger partial charge on any atom is -0.345 e. The minimum atomic E-state index is -0.123. The highest BCUT2D eigenvalue weighted by atomic mass is 35.5. The van der Waals surface area contributed by atoms with Crippen LogP contribution in [-0.2, 0) is 0 Å². The van der Waals surface area contributed by atoms with Crippen molar-refractivity contribution in [1.29, 1.82) is 0 Å². The molecular weight excluding hydrogens is 276 g/mol. The molecule has 5 nitrogen and oxygen atoms in total. The van der Waals surface area contributed by atoms with Gasteiger partial charge in [-0.05, 0) is 45.4 Å². The highest BCUT2D eigenvalue weighted by Crippen LogP contribution is 2.46. The van der Waals surface area contributed by atoms with Gasteiger partial charge in [-0.3, -0.25) is 9.78 Å². The molecule has 0 saturated heterocycles. The van der Waals surface area contributed by atoms with E-state index in [1.807, 2.05) is 6.92 Å². The number of hydrogen-bond acceptors (Lipinski definition) is 4. The maximum atomic E-state index is 12.3. The first-order valence-electron chi connectivity index (χ1n) is 6.91. The van der Waals surface area contributed by atoms with E-state index in [9.17, 15) is 4.79 Å². The molecule has 0 spiro atoms. The van der Waals surface area contributed by atoms with Gasteiger partial charge < -0.3 is 11.1 Å². The largest absolute Gasteiger partial charge is 0.345 e. The van der Waals surface area contributed by atoms with Crippen molar-refractivity contribution >= 4 is 18.3 Å². The molecule has 0 aromatic carbocycles. The second-order valence-electron chi connectivity index (χ2n) is 6.17. The third-order valence-electron chi connectivity index (χ3n) is 4.49. The molecular formula is C14H21ClN4O.